The molecule has 6 rings (SSSR count). The number of pyridine rings is 1. The topological polar surface area (TPSA) is 101 Å². The molecule has 2 N–H and O–H groups in total. The molecule has 0 aliphatic carbocycles. The highest BCUT2D eigenvalue weighted by atomic mass is 19.1. The van der Waals surface area contributed by atoms with E-state index in [2.05, 4.69) is 20.5 Å². The van der Waals surface area contributed by atoms with E-state index in [0.717, 1.165) is 36.3 Å². The standard InChI is InChI=1S/C26H27FN8O/c1-26(2)19-21(32-25(26)36)30-22(31-24(19)34-12-10-16(14-34)28-3)20-17-8-6-11-29-23(17)35(33-20)13-15-7-4-5-9-18(15)27/h4-9,11,16,28H,10,12-14H2,1-3H3,(H,30,31,32,36). The smallest absolute Gasteiger partial charge is 0.235 e. The van der Waals surface area contributed by atoms with Gasteiger partial charge in [-0.3, -0.25) is 4.79 Å². The van der Waals surface area contributed by atoms with Gasteiger partial charge in [0.2, 0.25) is 5.91 Å². The predicted molar refractivity (Wildman–Crippen MR) is 135 cm³/mol. The molecule has 1 atom stereocenters. The van der Waals surface area contributed by atoms with Crippen LogP contribution in [0.1, 0.15) is 31.4 Å². The Morgan fingerprint density at radius 2 is 2.03 bits per heavy atom. The number of nitrogens with zero attached hydrogens (tertiary/aromatic N) is 6. The molecule has 4 aromatic rings. The van der Waals surface area contributed by atoms with Crippen LogP contribution in [-0.2, 0) is 16.8 Å². The monoisotopic (exact) mass is 486 g/mol. The minimum atomic E-state index is -0.755. The number of carbonyl (C=O) groups excluding carboxylic acids is 1. The molecule has 10 heteroatoms. The van der Waals surface area contributed by atoms with Crippen molar-refractivity contribution in [3.05, 3.63) is 59.5 Å². The van der Waals surface area contributed by atoms with E-state index in [4.69, 9.17) is 15.1 Å². The Morgan fingerprint density at radius 1 is 1.19 bits per heavy atom. The van der Waals surface area contributed by atoms with E-state index < -0.39 is 5.41 Å². The number of benzene rings is 1. The first kappa shape index (κ1) is 22.5. The second-order valence-corrected chi connectivity index (χ2v) is 9.87. The molecule has 0 bridgehead atoms. The molecule has 0 saturated carbocycles. The zero-order chi connectivity index (χ0) is 25.0. The molecule has 3 aromatic heterocycles. The summed E-state index contributed by atoms with van der Waals surface area (Å²) >= 11 is 0. The van der Waals surface area contributed by atoms with Gasteiger partial charge in [0.25, 0.3) is 0 Å². The third-order valence-electron chi connectivity index (χ3n) is 7.21. The third kappa shape index (κ3) is 3.51. The van der Waals surface area contributed by atoms with Crippen molar-refractivity contribution in [1.82, 2.24) is 30.0 Å². The molecule has 1 amide bonds. The van der Waals surface area contributed by atoms with Crippen molar-refractivity contribution >= 4 is 28.6 Å². The van der Waals surface area contributed by atoms with E-state index in [1.54, 1.807) is 29.1 Å². The number of nitrogens with one attached hydrogen (secondary N) is 2. The van der Waals surface area contributed by atoms with E-state index in [1.165, 1.54) is 6.07 Å². The minimum Gasteiger partial charge on any atom is -0.355 e. The Labute approximate surface area is 207 Å². The van der Waals surface area contributed by atoms with Gasteiger partial charge in [-0.05, 0) is 45.5 Å². The highest BCUT2D eigenvalue weighted by Gasteiger charge is 2.44. The summed E-state index contributed by atoms with van der Waals surface area (Å²) in [7, 11) is 1.96. The SMILES string of the molecule is CNC1CCN(c2nc(-c3nn(Cc4ccccc4F)c4ncccc34)nc3c2C(C)(C)C(=O)N3)C1. The lowest BCUT2D eigenvalue weighted by atomic mass is 9.87. The van der Waals surface area contributed by atoms with Gasteiger partial charge in [0.05, 0.1) is 22.9 Å². The van der Waals surface area contributed by atoms with Crippen LogP contribution in [0.5, 0.6) is 0 Å². The molecule has 36 heavy (non-hydrogen) atoms. The lowest BCUT2D eigenvalue weighted by Gasteiger charge is -2.25. The third-order valence-corrected chi connectivity index (χ3v) is 7.21. The molecule has 1 aromatic carbocycles. The van der Waals surface area contributed by atoms with Crippen LogP contribution in [0.3, 0.4) is 0 Å². The van der Waals surface area contributed by atoms with E-state index in [9.17, 15) is 9.18 Å². The Bertz CT molecular complexity index is 1500. The van der Waals surface area contributed by atoms with Crippen LogP contribution in [0.15, 0.2) is 42.6 Å². The minimum absolute atomic E-state index is 0.105. The maximum atomic E-state index is 14.4. The number of hydrogen-bond acceptors (Lipinski definition) is 7. The fourth-order valence-corrected chi connectivity index (χ4v) is 5.09. The number of anilines is 2. The molecule has 1 saturated heterocycles. The van der Waals surface area contributed by atoms with Gasteiger partial charge in [0, 0.05) is 30.9 Å². The largest absolute Gasteiger partial charge is 0.355 e. The molecule has 5 heterocycles. The van der Waals surface area contributed by atoms with E-state index in [-0.39, 0.29) is 18.3 Å². The van der Waals surface area contributed by atoms with Gasteiger partial charge >= 0.3 is 0 Å². The summed E-state index contributed by atoms with van der Waals surface area (Å²) in [6, 6.07) is 10.7. The molecule has 2 aliphatic heterocycles. The first-order chi connectivity index (χ1) is 17.4. The van der Waals surface area contributed by atoms with Crippen molar-refractivity contribution in [3.8, 4) is 11.5 Å². The number of likely N-dealkylation sites (N-methyl/N-ethyl adjacent to an activating group) is 1. The number of amides is 1. The number of carbonyl (C=O) groups is 1. The van der Waals surface area contributed by atoms with E-state index in [1.807, 2.05) is 33.0 Å². The molecular formula is C26H27FN8O. The van der Waals surface area contributed by atoms with Crippen LogP contribution in [-0.4, -0.2) is 56.8 Å². The number of hydrogen-bond donors (Lipinski definition) is 2. The van der Waals surface area contributed by atoms with Crippen LogP contribution in [0.4, 0.5) is 16.0 Å². The molecule has 2 aliphatic rings. The van der Waals surface area contributed by atoms with Crippen molar-refractivity contribution in [2.75, 3.05) is 30.4 Å². The van der Waals surface area contributed by atoms with E-state index >= 15 is 0 Å². The fraction of sp³-hybridized carbons (Fsp3) is 0.346. The summed E-state index contributed by atoms with van der Waals surface area (Å²) in [6.45, 7) is 5.62. The van der Waals surface area contributed by atoms with Crippen LogP contribution in [0.2, 0.25) is 0 Å². The van der Waals surface area contributed by atoms with Gasteiger partial charge in [-0.15, -0.1) is 0 Å². The summed E-state index contributed by atoms with van der Waals surface area (Å²) in [4.78, 5) is 29.4. The fourth-order valence-electron chi connectivity index (χ4n) is 5.09. The summed E-state index contributed by atoms with van der Waals surface area (Å²) in [6.07, 6.45) is 2.67. The Balaban J connectivity index is 1.51. The van der Waals surface area contributed by atoms with Gasteiger partial charge in [-0.1, -0.05) is 18.2 Å². The van der Waals surface area contributed by atoms with Crippen molar-refractivity contribution < 1.29 is 9.18 Å². The van der Waals surface area contributed by atoms with Crippen molar-refractivity contribution in [2.24, 2.45) is 0 Å². The van der Waals surface area contributed by atoms with Crippen molar-refractivity contribution in [3.63, 3.8) is 0 Å². The lowest BCUT2D eigenvalue weighted by molar-refractivity contribution is -0.119. The molecule has 184 valence electrons. The van der Waals surface area contributed by atoms with Gasteiger partial charge in [-0.2, -0.15) is 5.10 Å². The number of fused-ring (bicyclic) bond motifs is 2. The van der Waals surface area contributed by atoms with Crippen LogP contribution < -0.4 is 15.5 Å². The number of aromatic nitrogens is 5. The number of rotatable bonds is 5. The van der Waals surface area contributed by atoms with Gasteiger partial charge in [0.15, 0.2) is 11.5 Å². The van der Waals surface area contributed by atoms with Gasteiger partial charge in [0.1, 0.15) is 23.1 Å². The quantitative estimate of drug-likeness (QED) is 0.447. The van der Waals surface area contributed by atoms with Crippen LogP contribution in [0.25, 0.3) is 22.6 Å². The Morgan fingerprint density at radius 3 is 2.81 bits per heavy atom. The summed E-state index contributed by atoms with van der Waals surface area (Å²) in [5, 5.41) is 11.9. The zero-order valence-electron chi connectivity index (χ0n) is 20.4. The zero-order valence-corrected chi connectivity index (χ0v) is 20.4. The lowest BCUT2D eigenvalue weighted by Crippen LogP contribution is -2.33. The van der Waals surface area contributed by atoms with Crippen LogP contribution >= 0.6 is 0 Å². The molecule has 0 spiro atoms. The maximum absolute atomic E-state index is 14.4. The maximum Gasteiger partial charge on any atom is 0.235 e. The second-order valence-electron chi connectivity index (χ2n) is 9.87. The Hall–Kier alpha value is -3.92. The predicted octanol–water partition coefficient (Wildman–Crippen LogP) is 3.10. The average Bonchev–Trinajstić information content (AvgIpc) is 3.55. The number of halogens is 1. The van der Waals surface area contributed by atoms with Crippen molar-refractivity contribution in [2.45, 2.75) is 38.3 Å². The molecule has 0 radical (unpaired) electrons. The highest BCUT2D eigenvalue weighted by molar-refractivity contribution is 6.06. The molecule has 9 nitrogen and oxygen atoms in total. The first-order valence-corrected chi connectivity index (χ1v) is 12.1. The first-order valence-electron chi connectivity index (χ1n) is 12.1. The normalized spacial score (nSPS) is 18.6. The van der Waals surface area contributed by atoms with Crippen LogP contribution in [0, 0.1) is 5.82 Å². The molecule has 1 fully saturated rings. The van der Waals surface area contributed by atoms with Gasteiger partial charge < -0.3 is 15.5 Å². The van der Waals surface area contributed by atoms with Gasteiger partial charge in [-0.25, -0.2) is 24.0 Å². The second kappa shape index (κ2) is 8.34. The highest BCUT2D eigenvalue weighted by Crippen LogP contribution is 2.43. The summed E-state index contributed by atoms with van der Waals surface area (Å²) in [5.41, 5.74) is 1.72. The summed E-state index contributed by atoms with van der Waals surface area (Å²) < 4.78 is 16.1. The van der Waals surface area contributed by atoms with Crippen molar-refractivity contribution in [1.29, 1.82) is 0 Å². The average molecular weight is 487 g/mol. The Kier molecular flexibility index (Phi) is 5.22. The summed E-state index contributed by atoms with van der Waals surface area (Å²) in [5.74, 6) is 1.26. The molecule has 1 unspecified atom stereocenters. The molecular weight excluding hydrogens is 459 g/mol. The van der Waals surface area contributed by atoms with E-state index in [0.29, 0.717) is 34.6 Å².